The lowest BCUT2D eigenvalue weighted by Gasteiger charge is -2.36. The summed E-state index contributed by atoms with van der Waals surface area (Å²) in [6.45, 7) is 6.47. The molecular weight excluding hydrogens is 631 g/mol. The molecule has 3 aromatic rings. The van der Waals surface area contributed by atoms with Crippen molar-refractivity contribution in [3.05, 3.63) is 71.1 Å². The maximum Gasteiger partial charge on any atom is 0.412 e. The normalized spacial score (nSPS) is 13.9. The van der Waals surface area contributed by atoms with Crippen LogP contribution < -0.4 is 10.6 Å². The highest BCUT2D eigenvalue weighted by molar-refractivity contribution is 6.31. The minimum absolute atomic E-state index is 0.0394. The first-order valence-corrected chi connectivity index (χ1v) is 15.7. The van der Waals surface area contributed by atoms with Gasteiger partial charge in [-0.1, -0.05) is 48.0 Å². The van der Waals surface area contributed by atoms with Gasteiger partial charge in [-0.05, 0) is 50.3 Å². The number of halogens is 2. The molecule has 1 aliphatic heterocycles. The number of fused-ring (bicyclic) bond motifs is 1. The summed E-state index contributed by atoms with van der Waals surface area (Å²) in [4.78, 5) is 60.2. The van der Waals surface area contributed by atoms with Crippen LogP contribution in [-0.4, -0.2) is 95.3 Å². The second kappa shape index (κ2) is 15.8. The zero-order valence-electron chi connectivity index (χ0n) is 26.9. The lowest BCUT2D eigenvalue weighted by molar-refractivity contribution is -0.133. The third-order valence-corrected chi connectivity index (χ3v) is 8.00. The number of hydrogen-bond donors (Lipinski definition) is 2. The van der Waals surface area contributed by atoms with Crippen LogP contribution in [0.5, 0.6) is 0 Å². The summed E-state index contributed by atoms with van der Waals surface area (Å²) in [7, 11) is 1.52. The molecule has 2 N–H and O–H groups in total. The molecule has 0 aliphatic carbocycles. The molecule has 0 radical (unpaired) electrons. The summed E-state index contributed by atoms with van der Waals surface area (Å²) in [5, 5.41) is 7.01. The molecule has 0 saturated carbocycles. The largest absolute Gasteiger partial charge is 0.447 e. The monoisotopic (exact) mass is 670 g/mol. The highest BCUT2D eigenvalue weighted by atomic mass is 35.5. The van der Waals surface area contributed by atoms with E-state index in [2.05, 4.69) is 15.6 Å². The lowest BCUT2D eigenvalue weighted by Crippen LogP contribution is -2.52. The Bertz CT molecular complexity index is 1590. The molecule has 2 heterocycles. The van der Waals surface area contributed by atoms with Gasteiger partial charge in [0, 0.05) is 57.8 Å². The highest BCUT2D eigenvalue weighted by Gasteiger charge is 2.29. The van der Waals surface area contributed by atoms with Crippen LogP contribution in [0.2, 0.25) is 5.02 Å². The quantitative estimate of drug-likeness (QED) is 0.301. The third-order valence-electron chi connectivity index (χ3n) is 7.57. The number of ether oxygens (including phenoxy) is 2. The molecule has 14 heteroatoms. The van der Waals surface area contributed by atoms with E-state index in [1.807, 2.05) is 24.3 Å². The second-order valence-electron chi connectivity index (χ2n) is 12.2. The zero-order chi connectivity index (χ0) is 34.1. The number of nitrogens with one attached hydrogen (secondary N) is 2. The predicted molar refractivity (Wildman–Crippen MR) is 176 cm³/mol. The first-order valence-electron chi connectivity index (χ1n) is 15.3. The van der Waals surface area contributed by atoms with Crippen molar-refractivity contribution in [2.75, 3.05) is 45.2 Å². The minimum atomic E-state index is -0.775. The number of urea groups is 1. The van der Waals surface area contributed by atoms with E-state index in [1.165, 1.54) is 24.1 Å². The van der Waals surface area contributed by atoms with Crippen molar-refractivity contribution in [3.63, 3.8) is 0 Å². The summed E-state index contributed by atoms with van der Waals surface area (Å²) >= 11 is 6.03. The van der Waals surface area contributed by atoms with E-state index < -0.39 is 35.7 Å². The van der Waals surface area contributed by atoms with Crippen molar-refractivity contribution in [2.45, 2.75) is 51.8 Å². The molecule has 1 aromatic heterocycles. The Hall–Kier alpha value is -4.65. The van der Waals surface area contributed by atoms with E-state index in [1.54, 1.807) is 48.9 Å². The van der Waals surface area contributed by atoms with Gasteiger partial charge in [0.05, 0.1) is 11.1 Å². The fraction of sp³-hybridized carbons (Fsp3) is 0.424. The SMILES string of the molecule is CN(C(=O)NCc1cccc(F)c1Cl)C(CCC(=O)N1CCN(C(=O)OC(C)(C)C)CC1)COC(=O)Nc1cc2ccccc2cn1. The molecule has 2 aromatic carbocycles. The molecule has 252 valence electrons. The Balaban J connectivity index is 1.36. The van der Waals surface area contributed by atoms with Crippen molar-refractivity contribution >= 4 is 52.3 Å². The highest BCUT2D eigenvalue weighted by Crippen LogP contribution is 2.20. The molecule has 1 aliphatic rings. The summed E-state index contributed by atoms with van der Waals surface area (Å²) in [5.41, 5.74) is -0.226. The molecule has 47 heavy (non-hydrogen) atoms. The number of benzene rings is 2. The van der Waals surface area contributed by atoms with Gasteiger partial charge in [-0.3, -0.25) is 10.1 Å². The van der Waals surface area contributed by atoms with Crippen LogP contribution >= 0.6 is 11.6 Å². The van der Waals surface area contributed by atoms with Crippen LogP contribution in [0.3, 0.4) is 0 Å². The number of nitrogens with zero attached hydrogens (tertiary/aromatic N) is 4. The molecule has 5 amide bonds. The Morgan fingerprint density at radius 3 is 2.40 bits per heavy atom. The number of aromatic nitrogens is 1. The van der Waals surface area contributed by atoms with Gasteiger partial charge in [0.25, 0.3) is 0 Å². The average molecular weight is 671 g/mol. The van der Waals surface area contributed by atoms with Gasteiger partial charge in [-0.25, -0.2) is 23.8 Å². The number of amides is 5. The molecule has 1 saturated heterocycles. The van der Waals surface area contributed by atoms with Crippen molar-refractivity contribution in [2.24, 2.45) is 0 Å². The summed E-state index contributed by atoms with van der Waals surface area (Å²) in [6, 6.07) is 12.4. The van der Waals surface area contributed by atoms with Gasteiger partial charge in [-0.15, -0.1) is 0 Å². The molecule has 4 rings (SSSR count). The minimum Gasteiger partial charge on any atom is -0.447 e. The van der Waals surface area contributed by atoms with E-state index in [4.69, 9.17) is 21.1 Å². The van der Waals surface area contributed by atoms with Crippen LogP contribution in [0.25, 0.3) is 10.8 Å². The van der Waals surface area contributed by atoms with Crippen molar-refractivity contribution in [1.82, 2.24) is 25.0 Å². The fourth-order valence-corrected chi connectivity index (χ4v) is 5.11. The van der Waals surface area contributed by atoms with Crippen LogP contribution in [0.1, 0.15) is 39.2 Å². The Labute approximate surface area is 278 Å². The van der Waals surface area contributed by atoms with Gasteiger partial charge in [-0.2, -0.15) is 0 Å². The first-order chi connectivity index (χ1) is 22.3. The smallest absolute Gasteiger partial charge is 0.412 e. The van der Waals surface area contributed by atoms with Crippen LogP contribution in [0, 0.1) is 5.82 Å². The van der Waals surface area contributed by atoms with Gasteiger partial charge in [0.1, 0.15) is 23.8 Å². The maximum atomic E-state index is 13.9. The number of likely N-dealkylation sites (N-methyl/N-ethyl adjacent to an activating group) is 1. The van der Waals surface area contributed by atoms with Gasteiger partial charge in [0.2, 0.25) is 5.91 Å². The van der Waals surface area contributed by atoms with Gasteiger partial charge >= 0.3 is 18.2 Å². The molecule has 12 nitrogen and oxygen atoms in total. The number of carbonyl (C=O) groups excluding carboxylic acids is 4. The lowest BCUT2D eigenvalue weighted by atomic mass is 10.1. The number of pyridine rings is 1. The number of anilines is 1. The topological polar surface area (TPSA) is 133 Å². The molecule has 1 unspecified atom stereocenters. The number of carbonyl (C=O) groups is 4. The number of piperazine rings is 1. The molecule has 1 fully saturated rings. The van der Waals surface area contributed by atoms with Gasteiger partial charge in [0.15, 0.2) is 0 Å². The van der Waals surface area contributed by atoms with Crippen LogP contribution in [-0.2, 0) is 20.8 Å². The van der Waals surface area contributed by atoms with E-state index in [0.717, 1.165) is 10.8 Å². The predicted octanol–water partition coefficient (Wildman–Crippen LogP) is 5.65. The Morgan fingerprint density at radius 1 is 1.02 bits per heavy atom. The first kappa shape index (κ1) is 35.2. The fourth-order valence-electron chi connectivity index (χ4n) is 4.91. The molecule has 1 atom stereocenters. The maximum absolute atomic E-state index is 13.9. The van der Waals surface area contributed by atoms with Crippen molar-refractivity contribution in [3.8, 4) is 0 Å². The average Bonchev–Trinajstić information content (AvgIpc) is 3.04. The van der Waals surface area contributed by atoms with Crippen molar-refractivity contribution < 1.29 is 33.0 Å². The van der Waals surface area contributed by atoms with Crippen LogP contribution in [0.15, 0.2) is 54.7 Å². The second-order valence-corrected chi connectivity index (χ2v) is 12.5. The molecule has 0 bridgehead atoms. The third kappa shape index (κ3) is 10.2. The summed E-state index contributed by atoms with van der Waals surface area (Å²) in [5.74, 6) is -0.469. The van der Waals surface area contributed by atoms with Crippen LogP contribution in [0.4, 0.5) is 24.6 Å². The molecular formula is C33H40ClFN6O6. The van der Waals surface area contributed by atoms with Gasteiger partial charge < -0.3 is 29.5 Å². The van der Waals surface area contributed by atoms with Crippen molar-refractivity contribution in [1.29, 1.82) is 0 Å². The standard InChI is InChI=1S/C33H40ClFN6O6/c1-33(2,3)47-32(45)41-16-14-40(15-17-41)28(42)13-12-25(39(4)30(43)37-20-24-10-7-11-26(35)29(24)34)21-46-31(44)38-27-18-22-8-5-6-9-23(22)19-36-27/h5-11,18-19,25H,12-17,20-21H2,1-4H3,(H,37,43)(H,36,38,44). The Kier molecular flexibility index (Phi) is 11.8. The zero-order valence-corrected chi connectivity index (χ0v) is 27.7. The van der Waals surface area contributed by atoms with E-state index in [-0.39, 0.29) is 36.9 Å². The Morgan fingerprint density at radius 2 is 1.70 bits per heavy atom. The van der Waals surface area contributed by atoms with E-state index in [9.17, 15) is 23.6 Å². The van der Waals surface area contributed by atoms with E-state index >= 15 is 0 Å². The summed E-state index contributed by atoms with van der Waals surface area (Å²) < 4.78 is 24.8. The van der Waals surface area contributed by atoms with E-state index in [0.29, 0.717) is 37.6 Å². The molecule has 0 spiro atoms. The number of hydrogen-bond acceptors (Lipinski definition) is 7. The summed E-state index contributed by atoms with van der Waals surface area (Å²) in [6.07, 6.45) is 0.670. The number of rotatable bonds is 9.